The van der Waals surface area contributed by atoms with Crippen LogP contribution in [-0.2, 0) is 41.3 Å². The second-order valence-electron chi connectivity index (χ2n) is 12.1. The predicted octanol–water partition coefficient (Wildman–Crippen LogP) is -1.26. The second-order valence-corrected chi connectivity index (χ2v) is 16.1. The van der Waals surface area contributed by atoms with Gasteiger partial charge >= 0.3 is 7.60 Å². The minimum atomic E-state index is -5.89. The molecular formula is C32H41FN4O15P2. The van der Waals surface area contributed by atoms with Crippen LogP contribution in [0.1, 0.15) is 28.3 Å². The Morgan fingerprint density at radius 3 is 2.44 bits per heavy atom. The molecule has 0 saturated heterocycles. The molecule has 4 unspecified atom stereocenters. The molecule has 22 heteroatoms. The number of imidazole rings is 1. The van der Waals surface area contributed by atoms with Gasteiger partial charge in [0.1, 0.15) is 55.5 Å². The lowest BCUT2D eigenvalue weighted by Crippen LogP contribution is -2.48. The summed E-state index contributed by atoms with van der Waals surface area (Å²) in [4.78, 5) is 76.3. The number of aromatic nitrogens is 2. The summed E-state index contributed by atoms with van der Waals surface area (Å²) in [5.74, 6) is -1.26. The number of rotatable bonds is 21. The number of nitrogens with one attached hydrogen (secondary N) is 2. The number of amides is 2. The average molecular weight is 803 g/mol. The lowest BCUT2D eigenvalue weighted by atomic mass is 9.89. The summed E-state index contributed by atoms with van der Waals surface area (Å²) in [5.41, 5.74) is 1.01. The number of aliphatic hydroxyl groups is 2. The Morgan fingerprint density at radius 1 is 1.06 bits per heavy atom. The molecule has 4 atom stereocenters. The van der Waals surface area contributed by atoms with Crippen LogP contribution in [0, 0.1) is 5.82 Å². The lowest BCUT2D eigenvalue weighted by Gasteiger charge is -2.34. The van der Waals surface area contributed by atoms with Crippen LogP contribution in [0.5, 0.6) is 11.5 Å². The van der Waals surface area contributed by atoms with Crippen LogP contribution in [0.3, 0.4) is 0 Å². The largest absolute Gasteiger partial charge is 0.776 e. The molecule has 1 aliphatic rings. The molecule has 0 aliphatic carbocycles. The highest BCUT2D eigenvalue weighted by atomic mass is 31.2. The quantitative estimate of drug-likeness (QED) is 0.0376. The van der Waals surface area contributed by atoms with E-state index < -0.39 is 56.5 Å². The SMILES string of the molecule is O=C(CCOCCOCCNC(=O)COc1ccc2c(c1)OCC(c1ccc(F)cc1)C2=O)NCC(O)Cn1cc[n+](CC(O)(P(=O)([O-])O)P(=O)(O)O)c1. The van der Waals surface area contributed by atoms with E-state index in [1.807, 2.05) is 0 Å². The Kier molecular flexibility index (Phi) is 15.0. The number of benzene rings is 2. The zero-order chi connectivity index (χ0) is 39.5. The van der Waals surface area contributed by atoms with Crippen molar-refractivity contribution in [3.63, 3.8) is 0 Å². The topological polar surface area (TPSA) is 279 Å². The first-order valence-corrected chi connectivity index (χ1v) is 19.6. The third kappa shape index (κ3) is 12.0. The molecule has 1 aliphatic heterocycles. The number of ether oxygens (including phenoxy) is 4. The molecule has 296 valence electrons. The summed E-state index contributed by atoms with van der Waals surface area (Å²) in [6.45, 7) is -0.866. The van der Waals surface area contributed by atoms with Crippen LogP contribution >= 0.6 is 15.2 Å². The number of Topliss-reactive ketones (excluding diaryl/α,β-unsaturated/α-hetero) is 1. The number of fused-ring (bicyclic) bond motifs is 1. The van der Waals surface area contributed by atoms with Gasteiger partial charge in [0, 0.05) is 25.6 Å². The van der Waals surface area contributed by atoms with E-state index in [2.05, 4.69) is 10.6 Å². The molecule has 1 aromatic heterocycles. The minimum absolute atomic E-state index is 0.0210. The molecule has 2 heterocycles. The maximum absolute atomic E-state index is 13.3. The van der Waals surface area contributed by atoms with Crippen LogP contribution in [-0.4, -0.2) is 111 Å². The highest BCUT2D eigenvalue weighted by Gasteiger charge is 2.55. The molecule has 2 amide bonds. The summed E-state index contributed by atoms with van der Waals surface area (Å²) in [6, 6.07) is 10.3. The van der Waals surface area contributed by atoms with Crippen molar-refractivity contribution in [3.8, 4) is 11.5 Å². The fourth-order valence-electron chi connectivity index (χ4n) is 5.10. The van der Waals surface area contributed by atoms with Gasteiger partial charge in [-0.3, -0.25) is 18.9 Å². The molecule has 0 radical (unpaired) electrons. The van der Waals surface area contributed by atoms with Gasteiger partial charge in [0.2, 0.25) is 12.2 Å². The Labute approximate surface area is 307 Å². The summed E-state index contributed by atoms with van der Waals surface area (Å²) >= 11 is 0. The molecule has 19 nitrogen and oxygen atoms in total. The van der Waals surface area contributed by atoms with Gasteiger partial charge in [-0.15, -0.1) is 0 Å². The molecule has 4 rings (SSSR count). The molecule has 7 N–H and O–H groups in total. The highest BCUT2D eigenvalue weighted by molar-refractivity contribution is 7.71. The van der Waals surface area contributed by atoms with Gasteiger partial charge in [0.15, 0.2) is 20.0 Å². The molecule has 54 heavy (non-hydrogen) atoms. The van der Waals surface area contributed by atoms with Gasteiger partial charge in [-0.1, -0.05) is 12.1 Å². The Morgan fingerprint density at radius 2 is 1.76 bits per heavy atom. The summed E-state index contributed by atoms with van der Waals surface area (Å²) in [5, 5.41) is 21.6. The lowest BCUT2D eigenvalue weighted by molar-refractivity contribution is -0.703. The highest BCUT2D eigenvalue weighted by Crippen LogP contribution is 2.65. The first kappa shape index (κ1) is 42.7. The molecule has 0 saturated carbocycles. The Balaban J connectivity index is 1.02. The monoisotopic (exact) mass is 802 g/mol. The van der Waals surface area contributed by atoms with Crippen molar-refractivity contribution in [2.45, 2.75) is 36.6 Å². The van der Waals surface area contributed by atoms with Crippen molar-refractivity contribution in [2.75, 3.05) is 52.7 Å². The number of ketones is 1. The Hall–Kier alpha value is -4.07. The van der Waals surface area contributed by atoms with E-state index in [1.54, 1.807) is 24.3 Å². The summed E-state index contributed by atoms with van der Waals surface area (Å²) in [6.07, 6.45) is 2.46. The van der Waals surface area contributed by atoms with E-state index in [-0.39, 0.29) is 71.5 Å². The fourth-order valence-corrected chi connectivity index (χ4v) is 7.11. The average Bonchev–Trinajstić information content (AvgIpc) is 3.54. The van der Waals surface area contributed by atoms with Crippen molar-refractivity contribution in [3.05, 3.63) is 78.1 Å². The van der Waals surface area contributed by atoms with E-state index in [0.717, 1.165) is 17.1 Å². The van der Waals surface area contributed by atoms with Crippen LogP contribution in [0.4, 0.5) is 4.39 Å². The van der Waals surface area contributed by atoms with Gasteiger partial charge in [0.25, 0.3) is 11.0 Å². The zero-order valence-electron chi connectivity index (χ0n) is 28.7. The number of hydrogen-bond acceptors (Lipinski definition) is 12. The van der Waals surface area contributed by atoms with Gasteiger partial charge in [0.05, 0.1) is 37.9 Å². The number of hydrogen-bond donors (Lipinski definition) is 7. The molecule has 2 aromatic carbocycles. The third-order valence-electron chi connectivity index (χ3n) is 8.01. The number of nitrogens with zero attached hydrogens (tertiary/aromatic N) is 2. The smallest absolute Gasteiger partial charge is 0.369 e. The number of carbonyl (C=O) groups is 3. The molecule has 0 bridgehead atoms. The van der Waals surface area contributed by atoms with Crippen molar-refractivity contribution in [1.29, 1.82) is 0 Å². The molecule has 0 spiro atoms. The van der Waals surface area contributed by atoms with Crippen LogP contribution < -0.4 is 29.6 Å². The maximum Gasteiger partial charge on any atom is 0.369 e. The van der Waals surface area contributed by atoms with Crippen molar-refractivity contribution in [2.24, 2.45) is 0 Å². The number of halogens is 1. The zero-order valence-corrected chi connectivity index (χ0v) is 30.5. The van der Waals surface area contributed by atoms with Crippen LogP contribution in [0.15, 0.2) is 61.2 Å². The van der Waals surface area contributed by atoms with E-state index in [9.17, 15) is 52.8 Å². The molecule has 3 aromatic rings. The van der Waals surface area contributed by atoms with Gasteiger partial charge in [-0.05, 0) is 29.8 Å². The molecule has 0 fully saturated rings. The first-order valence-electron chi connectivity index (χ1n) is 16.4. The second kappa shape index (κ2) is 19.0. The van der Waals surface area contributed by atoms with Crippen molar-refractivity contribution in [1.82, 2.24) is 15.2 Å². The number of aliphatic hydroxyl groups excluding tert-OH is 1. The predicted molar refractivity (Wildman–Crippen MR) is 181 cm³/mol. The normalized spacial score (nSPS) is 17.0. The van der Waals surface area contributed by atoms with Gasteiger partial charge < -0.3 is 63.9 Å². The van der Waals surface area contributed by atoms with E-state index in [4.69, 9.17) is 23.8 Å². The van der Waals surface area contributed by atoms with Crippen LogP contribution in [0.25, 0.3) is 0 Å². The van der Waals surface area contributed by atoms with E-state index in [0.29, 0.717) is 22.6 Å². The van der Waals surface area contributed by atoms with Gasteiger partial charge in [-0.25, -0.2) is 13.5 Å². The summed E-state index contributed by atoms with van der Waals surface area (Å²) in [7, 11) is -11.6. The van der Waals surface area contributed by atoms with Gasteiger partial charge in [-0.2, -0.15) is 0 Å². The fraction of sp³-hybridized carbons (Fsp3) is 0.438. The first-order chi connectivity index (χ1) is 25.5. The van der Waals surface area contributed by atoms with E-state index >= 15 is 0 Å². The Bertz CT molecular complexity index is 1830. The summed E-state index contributed by atoms with van der Waals surface area (Å²) < 4.78 is 60.4. The van der Waals surface area contributed by atoms with E-state index in [1.165, 1.54) is 29.0 Å². The van der Waals surface area contributed by atoms with Crippen molar-refractivity contribution >= 4 is 32.8 Å². The minimum Gasteiger partial charge on any atom is -0.776 e. The maximum atomic E-state index is 13.3. The van der Waals surface area contributed by atoms with Crippen molar-refractivity contribution < 1.29 is 81.2 Å². The third-order valence-corrected chi connectivity index (χ3v) is 11.7. The molecular weight excluding hydrogens is 761 g/mol. The number of carbonyl (C=O) groups excluding carboxylic acids is 3. The standard InChI is InChI=1S/C32H41FN4O15P2/c33-23-3-1-22(2-4-23)27-18-52-28-15-25(5-6-26(28)31(27)41)51-19-30(40)34-8-12-50-14-13-49-11-7-29(39)35-16-24(38)17-36-9-10-37(21-36)20-32(42,53(43,44)45)54(46,47)48/h1-6,9-10,15,21,24,27,38,42H,7-8,11-14,16-20H2,(H5-,34,35,39,40,43,44,45,46,47,48). The van der Waals surface area contributed by atoms with Crippen LogP contribution in [0.2, 0.25) is 0 Å².